The van der Waals surface area contributed by atoms with Gasteiger partial charge in [-0.2, -0.15) is 0 Å². The quantitative estimate of drug-likeness (QED) is 0.577. The average Bonchev–Trinajstić information content (AvgIpc) is 3.16. The third kappa shape index (κ3) is 2.57. The molecule has 3 aromatic heterocycles. The minimum atomic E-state index is -0.156. The maximum absolute atomic E-state index is 13.1. The summed E-state index contributed by atoms with van der Waals surface area (Å²) in [5.74, 6) is 1.79. The van der Waals surface area contributed by atoms with E-state index in [-0.39, 0.29) is 5.56 Å². The molecule has 0 bridgehead atoms. The first kappa shape index (κ1) is 15.1. The second-order valence-electron chi connectivity index (χ2n) is 5.84. The zero-order valence-electron chi connectivity index (χ0n) is 13.9. The monoisotopic (exact) mass is 332 g/mol. The SMILES string of the molecule is CN(C)c1ccc(-n2c(-c3ccco3)nc3ccccc3c2=O)cn1. The number of para-hydroxylation sites is 1. The lowest BCUT2D eigenvalue weighted by Gasteiger charge is -2.14. The Balaban J connectivity index is 2.02. The highest BCUT2D eigenvalue weighted by Crippen LogP contribution is 2.22. The van der Waals surface area contributed by atoms with Gasteiger partial charge in [0.15, 0.2) is 11.6 Å². The molecule has 25 heavy (non-hydrogen) atoms. The van der Waals surface area contributed by atoms with Crippen LogP contribution in [0, 0.1) is 0 Å². The normalized spacial score (nSPS) is 11.0. The number of nitrogens with zero attached hydrogens (tertiary/aromatic N) is 4. The number of benzene rings is 1. The summed E-state index contributed by atoms with van der Waals surface area (Å²) in [6.45, 7) is 0. The number of pyridine rings is 1. The molecule has 0 unspecified atom stereocenters. The van der Waals surface area contributed by atoms with Gasteiger partial charge in [0, 0.05) is 14.1 Å². The molecule has 0 saturated heterocycles. The molecule has 6 heteroatoms. The zero-order valence-corrected chi connectivity index (χ0v) is 13.9. The Morgan fingerprint density at radius 2 is 1.88 bits per heavy atom. The van der Waals surface area contributed by atoms with Crippen molar-refractivity contribution < 1.29 is 4.42 Å². The van der Waals surface area contributed by atoms with Gasteiger partial charge < -0.3 is 9.32 Å². The molecule has 3 heterocycles. The molecular formula is C19H16N4O2. The van der Waals surface area contributed by atoms with Crippen molar-refractivity contribution in [1.29, 1.82) is 0 Å². The molecule has 0 aliphatic carbocycles. The van der Waals surface area contributed by atoms with Crippen LogP contribution in [0.5, 0.6) is 0 Å². The van der Waals surface area contributed by atoms with Crippen molar-refractivity contribution in [1.82, 2.24) is 14.5 Å². The van der Waals surface area contributed by atoms with E-state index in [1.165, 1.54) is 4.57 Å². The second kappa shape index (κ2) is 5.90. The highest BCUT2D eigenvalue weighted by molar-refractivity contribution is 5.79. The number of hydrogen-bond donors (Lipinski definition) is 0. The van der Waals surface area contributed by atoms with Gasteiger partial charge in [-0.05, 0) is 36.4 Å². The largest absolute Gasteiger partial charge is 0.461 e. The number of anilines is 1. The molecule has 0 amide bonds. The van der Waals surface area contributed by atoms with E-state index < -0.39 is 0 Å². The average molecular weight is 332 g/mol. The van der Waals surface area contributed by atoms with Crippen LogP contribution >= 0.6 is 0 Å². The molecule has 4 aromatic rings. The molecule has 124 valence electrons. The van der Waals surface area contributed by atoms with Gasteiger partial charge in [-0.15, -0.1) is 0 Å². The lowest BCUT2D eigenvalue weighted by Crippen LogP contribution is -2.22. The third-order valence-corrected chi connectivity index (χ3v) is 3.97. The summed E-state index contributed by atoms with van der Waals surface area (Å²) >= 11 is 0. The minimum Gasteiger partial charge on any atom is -0.461 e. The van der Waals surface area contributed by atoms with Crippen LogP contribution in [-0.2, 0) is 0 Å². The van der Waals surface area contributed by atoms with Crippen molar-refractivity contribution in [2.45, 2.75) is 0 Å². The Bertz CT molecular complexity index is 1080. The Morgan fingerprint density at radius 1 is 1.04 bits per heavy atom. The number of rotatable bonds is 3. The summed E-state index contributed by atoms with van der Waals surface area (Å²) in [7, 11) is 3.83. The summed E-state index contributed by atoms with van der Waals surface area (Å²) in [5.41, 5.74) is 1.12. The van der Waals surface area contributed by atoms with E-state index in [1.54, 1.807) is 30.7 Å². The fourth-order valence-electron chi connectivity index (χ4n) is 2.72. The maximum Gasteiger partial charge on any atom is 0.266 e. The second-order valence-corrected chi connectivity index (χ2v) is 5.84. The molecule has 6 nitrogen and oxygen atoms in total. The van der Waals surface area contributed by atoms with E-state index in [0.29, 0.717) is 28.2 Å². The van der Waals surface area contributed by atoms with Gasteiger partial charge in [0.1, 0.15) is 5.82 Å². The molecule has 1 aromatic carbocycles. The molecular weight excluding hydrogens is 316 g/mol. The zero-order chi connectivity index (χ0) is 17.4. The van der Waals surface area contributed by atoms with E-state index in [0.717, 1.165) is 5.82 Å². The number of aromatic nitrogens is 3. The van der Waals surface area contributed by atoms with Gasteiger partial charge >= 0.3 is 0 Å². The number of hydrogen-bond acceptors (Lipinski definition) is 5. The summed E-state index contributed by atoms with van der Waals surface area (Å²) in [6.07, 6.45) is 3.23. The van der Waals surface area contributed by atoms with Crippen molar-refractivity contribution in [3.05, 3.63) is 71.3 Å². The molecule has 0 radical (unpaired) electrons. The number of furan rings is 1. The van der Waals surface area contributed by atoms with Gasteiger partial charge in [-0.25, -0.2) is 9.97 Å². The fourth-order valence-corrected chi connectivity index (χ4v) is 2.72. The number of fused-ring (bicyclic) bond motifs is 1. The lowest BCUT2D eigenvalue weighted by molar-refractivity contribution is 0.574. The molecule has 0 saturated carbocycles. The van der Waals surface area contributed by atoms with Crippen LogP contribution in [0.2, 0.25) is 0 Å². The summed E-state index contributed by atoms with van der Waals surface area (Å²) in [6, 6.07) is 14.6. The lowest BCUT2D eigenvalue weighted by atomic mass is 10.2. The third-order valence-electron chi connectivity index (χ3n) is 3.97. The molecule has 0 aliphatic heterocycles. The topological polar surface area (TPSA) is 64.2 Å². The summed E-state index contributed by atoms with van der Waals surface area (Å²) < 4.78 is 7.03. The Hall–Kier alpha value is -3.41. The van der Waals surface area contributed by atoms with E-state index in [2.05, 4.69) is 9.97 Å². The highest BCUT2D eigenvalue weighted by atomic mass is 16.3. The van der Waals surface area contributed by atoms with Crippen LogP contribution in [-0.4, -0.2) is 28.6 Å². The standard InChI is InChI=1S/C19H16N4O2/c1-22(2)17-10-9-13(12-20-17)23-18(16-8-5-11-25-16)21-15-7-4-3-6-14(15)19(23)24/h3-12H,1-2H3. The van der Waals surface area contributed by atoms with Crippen LogP contribution in [0.3, 0.4) is 0 Å². The maximum atomic E-state index is 13.1. The minimum absolute atomic E-state index is 0.156. The van der Waals surface area contributed by atoms with Crippen LogP contribution in [0.15, 0.2) is 70.2 Å². The fraction of sp³-hybridized carbons (Fsp3) is 0.105. The van der Waals surface area contributed by atoms with Crippen molar-refractivity contribution >= 4 is 16.7 Å². The predicted octanol–water partition coefficient (Wildman–Crippen LogP) is 3.11. The van der Waals surface area contributed by atoms with Crippen molar-refractivity contribution in [3.63, 3.8) is 0 Å². The van der Waals surface area contributed by atoms with Crippen LogP contribution in [0.1, 0.15) is 0 Å². The molecule has 0 fully saturated rings. The molecule has 0 spiro atoms. The van der Waals surface area contributed by atoms with Crippen LogP contribution in [0.25, 0.3) is 28.2 Å². The smallest absolute Gasteiger partial charge is 0.266 e. The van der Waals surface area contributed by atoms with Crippen molar-refractivity contribution in [2.75, 3.05) is 19.0 Å². The summed E-state index contributed by atoms with van der Waals surface area (Å²) in [5, 5.41) is 0.550. The molecule has 0 aliphatic rings. The van der Waals surface area contributed by atoms with Crippen molar-refractivity contribution in [2.24, 2.45) is 0 Å². The van der Waals surface area contributed by atoms with Gasteiger partial charge in [-0.1, -0.05) is 12.1 Å². The predicted molar refractivity (Wildman–Crippen MR) is 97.2 cm³/mol. The van der Waals surface area contributed by atoms with E-state index in [9.17, 15) is 4.79 Å². The van der Waals surface area contributed by atoms with Crippen LogP contribution < -0.4 is 10.5 Å². The van der Waals surface area contributed by atoms with Gasteiger partial charge in [0.05, 0.1) is 29.1 Å². The summed E-state index contributed by atoms with van der Waals surface area (Å²) in [4.78, 5) is 24.1. The first-order valence-corrected chi connectivity index (χ1v) is 7.84. The van der Waals surface area contributed by atoms with Crippen LogP contribution in [0.4, 0.5) is 5.82 Å². The Labute approximate surface area is 144 Å². The Kier molecular flexibility index (Phi) is 3.57. The molecule has 0 atom stereocenters. The van der Waals surface area contributed by atoms with E-state index in [4.69, 9.17) is 4.42 Å². The van der Waals surface area contributed by atoms with Gasteiger partial charge in [0.25, 0.3) is 5.56 Å². The van der Waals surface area contributed by atoms with Gasteiger partial charge in [0.2, 0.25) is 0 Å². The molecule has 0 N–H and O–H groups in total. The first-order chi connectivity index (χ1) is 12.1. The van der Waals surface area contributed by atoms with E-state index >= 15 is 0 Å². The van der Waals surface area contributed by atoms with E-state index in [1.807, 2.05) is 49.3 Å². The first-order valence-electron chi connectivity index (χ1n) is 7.84. The highest BCUT2D eigenvalue weighted by Gasteiger charge is 2.16. The Morgan fingerprint density at radius 3 is 2.56 bits per heavy atom. The molecule has 4 rings (SSSR count). The van der Waals surface area contributed by atoms with Gasteiger partial charge in [-0.3, -0.25) is 9.36 Å². The van der Waals surface area contributed by atoms with Crippen molar-refractivity contribution in [3.8, 4) is 17.3 Å².